The molecule has 0 aromatic carbocycles. The number of carboxylic acids is 4. The molecule has 11 heteroatoms. The van der Waals surface area contributed by atoms with Crippen LogP contribution in [0.1, 0.15) is 19.8 Å². The molecule has 0 aliphatic heterocycles. The van der Waals surface area contributed by atoms with Crippen LogP contribution in [0.25, 0.3) is 0 Å². The number of aliphatic hydroxyl groups is 2. The Morgan fingerprint density at radius 2 is 1.20 bits per heavy atom. The van der Waals surface area contributed by atoms with E-state index >= 15 is 0 Å². The van der Waals surface area contributed by atoms with Gasteiger partial charge in [-0.1, -0.05) is 0 Å². The molecule has 0 aliphatic carbocycles. The lowest BCUT2D eigenvalue weighted by molar-refractivity contribution is -0.170. The van der Waals surface area contributed by atoms with Crippen molar-refractivity contribution in [3.63, 3.8) is 0 Å². The molecule has 1 atom stereocenters. The van der Waals surface area contributed by atoms with E-state index in [1.165, 1.54) is 6.92 Å². The average Bonchev–Trinajstić information content (AvgIpc) is 2.14. The van der Waals surface area contributed by atoms with Gasteiger partial charge in [-0.3, -0.25) is 9.59 Å². The van der Waals surface area contributed by atoms with Crippen LogP contribution in [0.5, 0.6) is 0 Å². The third-order valence-corrected chi connectivity index (χ3v) is 1.64. The van der Waals surface area contributed by atoms with Gasteiger partial charge in [-0.15, -0.1) is 0 Å². The summed E-state index contributed by atoms with van der Waals surface area (Å²) in [6.45, 7) is 1.20. The van der Waals surface area contributed by atoms with Gasteiger partial charge >= 0.3 is 23.9 Å². The molecule has 20 heavy (non-hydrogen) atoms. The van der Waals surface area contributed by atoms with Crippen LogP contribution >= 0.6 is 0 Å². The number of hydrogen-bond donors (Lipinski definition) is 6. The normalized spacial score (nSPS) is 11.2. The minimum absolute atomic E-state index is 0. The van der Waals surface area contributed by atoms with Crippen molar-refractivity contribution in [3.05, 3.63) is 0 Å². The molecule has 0 spiro atoms. The fourth-order valence-electron chi connectivity index (χ4n) is 0.714. The van der Waals surface area contributed by atoms with Crippen LogP contribution in [0.3, 0.4) is 0 Å². The molecule has 0 aromatic heterocycles. The molecule has 0 saturated carbocycles. The SMILES string of the molecule is CC(O)C(=O)O.O=C(O)CC(O)(CC(=O)O)C(=O)O.[AlH3]. The molecular weight excluding hydrogens is 295 g/mol. The minimum Gasteiger partial charge on any atom is -0.481 e. The van der Waals surface area contributed by atoms with Crippen molar-refractivity contribution in [2.45, 2.75) is 31.5 Å². The van der Waals surface area contributed by atoms with E-state index in [-0.39, 0.29) is 17.4 Å². The summed E-state index contributed by atoms with van der Waals surface area (Å²) in [6, 6.07) is 0. The third-order valence-electron chi connectivity index (χ3n) is 1.64. The van der Waals surface area contributed by atoms with Crippen molar-refractivity contribution in [1.29, 1.82) is 0 Å². The van der Waals surface area contributed by atoms with Crippen LogP contribution in [0.2, 0.25) is 0 Å². The highest BCUT2D eigenvalue weighted by molar-refractivity contribution is 5.88. The lowest BCUT2D eigenvalue weighted by atomic mass is 9.96. The first-order valence-electron chi connectivity index (χ1n) is 4.72. The van der Waals surface area contributed by atoms with E-state index in [4.69, 9.17) is 30.6 Å². The van der Waals surface area contributed by atoms with E-state index in [1.807, 2.05) is 0 Å². The lowest BCUT2D eigenvalue weighted by Gasteiger charge is -2.18. The van der Waals surface area contributed by atoms with Crippen molar-refractivity contribution in [2.75, 3.05) is 0 Å². The fourth-order valence-corrected chi connectivity index (χ4v) is 0.714. The van der Waals surface area contributed by atoms with Gasteiger partial charge in [0.15, 0.2) is 23.0 Å². The predicted octanol–water partition coefficient (Wildman–Crippen LogP) is -2.98. The molecule has 1 unspecified atom stereocenters. The van der Waals surface area contributed by atoms with Gasteiger partial charge < -0.3 is 30.6 Å². The molecule has 0 aromatic rings. The molecule has 0 bridgehead atoms. The van der Waals surface area contributed by atoms with E-state index in [2.05, 4.69) is 0 Å². The van der Waals surface area contributed by atoms with Crippen molar-refractivity contribution < 1.29 is 49.8 Å². The zero-order valence-corrected chi connectivity index (χ0v) is 9.81. The van der Waals surface area contributed by atoms with E-state index in [9.17, 15) is 19.2 Å². The Morgan fingerprint density at radius 1 is 0.950 bits per heavy atom. The van der Waals surface area contributed by atoms with Gasteiger partial charge in [0.05, 0.1) is 12.8 Å². The smallest absolute Gasteiger partial charge is 0.336 e. The Labute approximate surface area is 123 Å². The largest absolute Gasteiger partial charge is 0.481 e. The highest BCUT2D eigenvalue weighted by atomic mass is 27.0. The molecule has 116 valence electrons. The summed E-state index contributed by atoms with van der Waals surface area (Å²) in [7, 11) is 0. The van der Waals surface area contributed by atoms with Crippen LogP contribution in [0, 0.1) is 0 Å². The van der Waals surface area contributed by atoms with Gasteiger partial charge in [0.25, 0.3) is 0 Å². The Hall–Kier alpha value is -1.67. The molecule has 0 fully saturated rings. The summed E-state index contributed by atoms with van der Waals surface area (Å²) in [4.78, 5) is 39.9. The van der Waals surface area contributed by atoms with Gasteiger partial charge in [-0.2, -0.15) is 0 Å². The number of carbonyl (C=O) groups is 4. The summed E-state index contributed by atoms with van der Waals surface area (Å²) in [5.41, 5.74) is -2.74. The molecule has 0 radical (unpaired) electrons. The molecule has 0 heterocycles. The van der Waals surface area contributed by atoms with E-state index in [1.54, 1.807) is 0 Å². The predicted molar refractivity (Wildman–Crippen MR) is 66.3 cm³/mol. The molecule has 10 nitrogen and oxygen atoms in total. The van der Waals surface area contributed by atoms with Gasteiger partial charge in [-0.25, -0.2) is 9.59 Å². The second-order valence-electron chi connectivity index (χ2n) is 3.49. The van der Waals surface area contributed by atoms with Crippen molar-refractivity contribution in [2.24, 2.45) is 0 Å². The summed E-state index contributed by atoms with van der Waals surface area (Å²) in [5, 5.41) is 49.6. The first-order valence-corrected chi connectivity index (χ1v) is 4.72. The highest BCUT2D eigenvalue weighted by Gasteiger charge is 2.40. The molecule has 6 N–H and O–H groups in total. The zero-order chi connectivity index (χ0) is 15.8. The van der Waals surface area contributed by atoms with Gasteiger partial charge in [-0.05, 0) is 6.92 Å². The van der Waals surface area contributed by atoms with Gasteiger partial charge in [0.1, 0.15) is 6.10 Å². The van der Waals surface area contributed by atoms with Gasteiger partial charge in [0, 0.05) is 0 Å². The van der Waals surface area contributed by atoms with Gasteiger partial charge in [0.2, 0.25) is 0 Å². The Balaban J connectivity index is -0.000000352. The fraction of sp³-hybridized carbons (Fsp3) is 0.556. The number of hydrogen-bond acceptors (Lipinski definition) is 6. The quantitative estimate of drug-likeness (QED) is 0.276. The number of rotatable bonds is 6. The van der Waals surface area contributed by atoms with Crippen LogP contribution in [0.4, 0.5) is 0 Å². The summed E-state index contributed by atoms with van der Waals surface area (Å²) >= 11 is 0. The third kappa shape index (κ3) is 11.4. The van der Waals surface area contributed by atoms with Crippen LogP contribution in [-0.4, -0.2) is 83.6 Å². The summed E-state index contributed by atoms with van der Waals surface area (Å²) < 4.78 is 0. The standard InChI is InChI=1S/C6H8O7.C3H6O3.Al.3H/c7-3(8)1-6(13,5(11)12)2-4(9)10;1-2(4)3(5)6;;;;/h13H,1-2H2,(H,7,8)(H,9,10)(H,11,12);2,4H,1H3,(H,5,6);;;;. The van der Waals surface area contributed by atoms with E-state index in [0.717, 1.165) is 0 Å². The number of aliphatic carboxylic acids is 4. The van der Waals surface area contributed by atoms with E-state index in [0.29, 0.717) is 0 Å². The zero-order valence-electron chi connectivity index (χ0n) is 9.81. The maximum Gasteiger partial charge on any atom is 0.336 e. The topological polar surface area (TPSA) is 190 Å². The first kappa shape index (κ1) is 23.4. The van der Waals surface area contributed by atoms with Crippen molar-refractivity contribution in [1.82, 2.24) is 0 Å². The Bertz CT molecular complexity index is 348. The lowest BCUT2D eigenvalue weighted by Crippen LogP contribution is -2.42. The minimum atomic E-state index is -2.74. The van der Waals surface area contributed by atoms with Crippen LogP contribution < -0.4 is 0 Å². The second kappa shape index (κ2) is 10.2. The molecule has 0 saturated heterocycles. The van der Waals surface area contributed by atoms with Crippen LogP contribution in [0.15, 0.2) is 0 Å². The Kier molecular flexibility index (Phi) is 11.9. The molecule has 0 rings (SSSR count). The van der Waals surface area contributed by atoms with Crippen molar-refractivity contribution >= 4 is 41.2 Å². The maximum absolute atomic E-state index is 10.3. The monoisotopic (exact) mass is 312 g/mol. The van der Waals surface area contributed by atoms with Crippen molar-refractivity contribution in [3.8, 4) is 0 Å². The number of carboxylic acid groups (broad SMARTS) is 4. The number of aliphatic hydroxyl groups excluding tert-OH is 1. The molecule has 0 amide bonds. The average molecular weight is 312 g/mol. The summed E-state index contributed by atoms with van der Waals surface area (Å²) in [5.74, 6) is -6.20. The maximum atomic E-state index is 10.3. The van der Waals surface area contributed by atoms with Crippen LogP contribution in [-0.2, 0) is 19.2 Å². The molecule has 0 aliphatic rings. The van der Waals surface area contributed by atoms with E-state index < -0.39 is 48.4 Å². The molecular formula is C9H17AlO10. The first-order chi connectivity index (χ1) is 8.42. The Morgan fingerprint density at radius 3 is 1.30 bits per heavy atom. The highest BCUT2D eigenvalue weighted by Crippen LogP contribution is 2.15. The second-order valence-corrected chi connectivity index (χ2v) is 3.49. The summed E-state index contributed by atoms with van der Waals surface area (Å²) in [6.07, 6.45) is -3.52.